The van der Waals surface area contributed by atoms with Crippen molar-refractivity contribution in [1.29, 1.82) is 0 Å². The first-order valence-corrected chi connectivity index (χ1v) is 8.09. The van der Waals surface area contributed by atoms with Gasteiger partial charge in [-0.25, -0.2) is 4.79 Å². The quantitative estimate of drug-likeness (QED) is 0.593. The topological polar surface area (TPSA) is 92.4 Å². The summed E-state index contributed by atoms with van der Waals surface area (Å²) in [6.07, 6.45) is 0. The number of nitrogens with zero attached hydrogens (tertiary/aromatic N) is 3. The third-order valence-corrected chi connectivity index (χ3v) is 4.27. The molecule has 2 N–H and O–H groups in total. The van der Waals surface area contributed by atoms with Crippen LogP contribution in [-0.4, -0.2) is 30.5 Å². The minimum atomic E-state index is -1.08. The maximum Gasteiger partial charge on any atom is 0.356 e. The van der Waals surface area contributed by atoms with Crippen molar-refractivity contribution in [2.45, 2.75) is 13.5 Å². The standard InChI is InChI=1S/C19H16N4O3/c1-12-7-18(19(25)26)20-22(12)11-15-9-16(24)8-14-10-17(21-23(14)15)13-5-3-2-4-6-13/h2-10,21H,11H2,1H3,(H,25,26). The van der Waals surface area contributed by atoms with Crippen LogP contribution in [0.3, 0.4) is 0 Å². The molecular formula is C19H16N4O3. The van der Waals surface area contributed by atoms with Gasteiger partial charge < -0.3 is 5.11 Å². The van der Waals surface area contributed by atoms with E-state index in [0.29, 0.717) is 11.4 Å². The van der Waals surface area contributed by atoms with Crippen LogP contribution < -0.4 is 5.43 Å². The zero-order chi connectivity index (χ0) is 18.3. The van der Waals surface area contributed by atoms with Crippen LogP contribution in [0, 0.1) is 6.92 Å². The van der Waals surface area contributed by atoms with Crippen molar-refractivity contribution in [2.75, 3.05) is 0 Å². The van der Waals surface area contributed by atoms with E-state index in [1.165, 1.54) is 12.1 Å². The molecule has 26 heavy (non-hydrogen) atoms. The second-order valence-corrected chi connectivity index (χ2v) is 6.11. The molecule has 0 aliphatic carbocycles. The smallest absolute Gasteiger partial charge is 0.356 e. The van der Waals surface area contributed by atoms with E-state index in [0.717, 1.165) is 16.8 Å². The van der Waals surface area contributed by atoms with Crippen molar-refractivity contribution < 1.29 is 9.90 Å². The van der Waals surface area contributed by atoms with E-state index in [-0.39, 0.29) is 17.7 Å². The molecule has 0 aliphatic heterocycles. The van der Waals surface area contributed by atoms with Crippen LogP contribution in [0.5, 0.6) is 0 Å². The number of fused-ring (bicyclic) bond motifs is 1. The first-order valence-electron chi connectivity index (χ1n) is 8.09. The molecule has 3 aromatic heterocycles. The molecule has 130 valence electrons. The van der Waals surface area contributed by atoms with Crippen molar-refractivity contribution in [3.63, 3.8) is 0 Å². The van der Waals surface area contributed by atoms with E-state index in [1.54, 1.807) is 17.7 Å². The van der Waals surface area contributed by atoms with E-state index >= 15 is 0 Å². The number of aryl methyl sites for hydroxylation is 1. The van der Waals surface area contributed by atoms with E-state index in [4.69, 9.17) is 5.11 Å². The average molecular weight is 348 g/mol. The lowest BCUT2D eigenvalue weighted by Gasteiger charge is -2.07. The number of H-pyrrole nitrogens is 1. The highest BCUT2D eigenvalue weighted by Crippen LogP contribution is 2.20. The molecule has 4 rings (SSSR count). The average Bonchev–Trinajstić information content (AvgIpc) is 3.20. The van der Waals surface area contributed by atoms with Crippen molar-refractivity contribution in [3.8, 4) is 11.3 Å². The Hall–Kier alpha value is -3.61. The Morgan fingerprint density at radius 3 is 2.62 bits per heavy atom. The summed E-state index contributed by atoms with van der Waals surface area (Å²) in [5, 5.41) is 16.5. The van der Waals surface area contributed by atoms with Gasteiger partial charge in [-0.3, -0.25) is 19.1 Å². The number of benzene rings is 1. The number of carboxylic acids is 1. The van der Waals surface area contributed by atoms with Crippen LogP contribution in [-0.2, 0) is 6.54 Å². The summed E-state index contributed by atoms with van der Waals surface area (Å²) >= 11 is 0. The number of aromatic amines is 1. The molecule has 0 amide bonds. The van der Waals surface area contributed by atoms with Crippen LogP contribution in [0.1, 0.15) is 21.9 Å². The summed E-state index contributed by atoms with van der Waals surface area (Å²) in [5.74, 6) is -1.08. The number of pyridine rings is 1. The van der Waals surface area contributed by atoms with Gasteiger partial charge in [-0.1, -0.05) is 30.3 Å². The van der Waals surface area contributed by atoms with Crippen molar-refractivity contribution in [3.05, 3.63) is 81.9 Å². The molecular weight excluding hydrogens is 332 g/mol. The van der Waals surface area contributed by atoms with Crippen LogP contribution in [0.15, 0.2) is 59.4 Å². The number of rotatable bonds is 4. The van der Waals surface area contributed by atoms with Gasteiger partial charge in [0.1, 0.15) is 0 Å². The monoisotopic (exact) mass is 348 g/mol. The van der Waals surface area contributed by atoms with E-state index < -0.39 is 5.97 Å². The lowest BCUT2D eigenvalue weighted by atomic mass is 10.1. The highest BCUT2D eigenvalue weighted by Gasteiger charge is 2.13. The molecule has 4 aromatic rings. The zero-order valence-electron chi connectivity index (χ0n) is 14.0. The second kappa shape index (κ2) is 6.03. The first-order chi connectivity index (χ1) is 12.5. The van der Waals surface area contributed by atoms with Crippen LogP contribution in [0.2, 0.25) is 0 Å². The SMILES string of the molecule is Cc1cc(C(=O)O)nn1Cc1cc(=O)cc2cc(-c3ccccc3)[nH]n12. The summed E-state index contributed by atoms with van der Waals surface area (Å²) in [5.41, 5.74) is 3.92. The number of hydrogen-bond donors (Lipinski definition) is 2. The highest BCUT2D eigenvalue weighted by atomic mass is 16.4. The Labute approximate surface area is 148 Å². The maximum absolute atomic E-state index is 12.1. The molecule has 1 aromatic carbocycles. The Morgan fingerprint density at radius 2 is 1.92 bits per heavy atom. The summed E-state index contributed by atoms with van der Waals surface area (Å²) in [4.78, 5) is 23.2. The van der Waals surface area contributed by atoms with Crippen molar-refractivity contribution in [1.82, 2.24) is 19.4 Å². The van der Waals surface area contributed by atoms with E-state index in [9.17, 15) is 9.59 Å². The number of hydrogen-bond acceptors (Lipinski definition) is 3. The minimum absolute atomic E-state index is 0.0153. The van der Waals surface area contributed by atoms with Crippen molar-refractivity contribution in [2.24, 2.45) is 0 Å². The van der Waals surface area contributed by atoms with E-state index in [2.05, 4.69) is 10.2 Å². The van der Waals surface area contributed by atoms with Crippen LogP contribution >= 0.6 is 0 Å². The van der Waals surface area contributed by atoms with Crippen molar-refractivity contribution >= 4 is 11.5 Å². The van der Waals surface area contributed by atoms with Gasteiger partial charge in [0.15, 0.2) is 11.1 Å². The third-order valence-electron chi connectivity index (χ3n) is 4.27. The number of aromatic nitrogens is 4. The predicted octanol–water partition coefficient (Wildman–Crippen LogP) is 2.55. The molecule has 0 saturated carbocycles. The maximum atomic E-state index is 12.1. The summed E-state index contributed by atoms with van der Waals surface area (Å²) in [6, 6.07) is 16.3. The molecule has 0 radical (unpaired) electrons. The fraction of sp³-hybridized carbons (Fsp3) is 0.105. The Morgan fingerprint density at radius 1 is 1.15 bits per heavy atom. The van der Waals surface area contributed by atoms with Gasteiger partial charge in [0.2, 0.25) is 0 Å². The van der Waals surface area contributed by atoms with Gasteiger partial charge in [-0.15, -0.1) is 0 Å². The van der Waals surface area contributed by atoms with Gasteiger partial charge in [0.05, 0.1) is 23.4 Å². The zero-order valence-corrected chi connectivity index (χ0v) is 14.0. The molecule has 3 heterocycles. The van der Waals surface area contributed by atoms with Gasteiger partial charge in [-0.05, 0) is 24.6 Å². The largest absolute Gasteiger partial charge is 0.476 e. The molecule has 0 atom stereocenters. The number of carbonyl (C=O) groups is 1. The van der Waals surface area contributed by atoms with Crippen LogP contribution in [0.25, 0.3) is 16.8 Å². The number of aromatic carboxylic acids is 1. The fourth-order valence-electron chi connectivity index (χ4n) is 3.00. The van der Waals surface area contributed by atoms with Gasteiger partial charge in [-0.2, -0.15) is 5.10 Å². The van der Waals surface area contributed by atoms with E-state index in [1.807, 2.05) is 40.9 Å². The molecule has 7 heteroatoms. The van der Waals surface area contributed by atoms with Gasteiger partial charge in [0.25, 0.3) is 0 Å². The molecule has 0 spiro atoms. The normalized spacial score (nSPS) is 11.1. The first kappa shape index (κ1) is 15.9. The second-order valence-electron chi connectivity index (χ2n) is 6.11. The molecule has 0 saturated heterocycles. The molecule has 0 unspecified atom stereocenters. The van der Waals surface area contributed by atoms with Crippen LogP contribution in [0.4, 0.5) is 0 Å². The minimum Gasteiger partial charge on any atom is -0.476 e. The Kier molecular flexibility index (Phi) is 3.69. The number of carboxylic acid groups (broad SMARTS) is 1. The molecule has 0 fully saturated rings. The number of nitrogens with one attached hydrogen (secondary N) is 1. The molecule has 0 aliphatic rings. The fourth-order valence-corrected chi connectivity index (χ4v) is 3.00. The predicted molar refractivity (Wildman–Crippen MR) is 96.5 cm³/mol. The lowest BCUT2D eigenvalue weighted by molar-refractivity contribution is 0.0689. The third kappa shape index (κ3) is 2.79. The molecule has 0 bridgehead atoms. The summed E-state index contributed by atoms with van der Waals surface area (Å²) < 4.78 is 3.40. The highest BCUT2D eigenvalue weighted by molar-refractivity contribution is 5.85. The lowest BCUT2D eigenvalue weighted by Crippen LogP contribution is -2.13. The summed E-state index contributed by atoms with van der Waals surface area (Å²) in [6.45, 7) is 2.07. The van der Waals surface area contributed by atoms with Gasteiger partial charge >= 0.3 is 5.97 Å². The molecule has 7 nitrogen and oxygen atoms in total. The van der Waals surface area contributed by atoms with Gasteiger partial charge in [0, 0.05) is 17.8 Å². The Balaban J connectivity index is 1.81. The Bertz CT molecular complexity index is 1170. The summed E-state index contributed by atoms with van der Waals surface area (Å²) in [7, 11) is 0.